The molecular formula is C15H18N2O2. The minimum Gasteiger partial charge on any atom is -0.431 e. The van der Waals surface area contributed by atoms with Gasteiger partial charge in [0.05, 0.1) is 5.69 Å². The van der Waals surface area contributed by atoms with Gasteiger partial charge in [-0.05, 0) is 18.9 Å². The summed E-state index contributed by atoms with van der Waals surface area (Å²) in [7, 11) is 0. The van der Waals surface area contributed by atoms with Crippen LogP contribution in [-0.4, -0.2) is 17.4 Å². The predicted octanol–water partition coefficient (Wildman–Crippen LogP) is 2.97. The molecule has 0 unspecified atom stereocenters. The topological polar surface area (TPSA) is 46.3 Å². The van der Waals surface area contributed by atoms with Crippen molar-refractivity contribution in [1.82, 2.24) is 4.98 Å². The largest absolute Gasteiger partial charge is 0.431 e. The Kier molecular flexibility index (Phi) is 4.34. The summed E-state index contributed by atoms with van der Waals surface area (Å²) in [6.07, 6.45) is 2.79. The van der Waals surface area contributed by atoms with Crippen molar-refractivity contribution in [3.05, 3.63) is 47.9 Å². The molecule has 1 aromatic carbocycles. The van der Waals surface area contributed by atoms with E-state index in [2.05, 4.69) is 17.1 Å². The summed E-state index contributed by atoms with van der Waals surface area (Å²) in [6, 6.07) is 10.5. The highest BCUT2D eigenvalue weighted by Gasteiger charge is 2.18. The zero-order valence-electron chi connectivity index (χ0n) is 11.3. The maximum atomic E-state index is 12.0. The standard InChI is InChI=1S/C15H18N2O2/c1-3-14(18)17(15-16-12(2)11-19-15)10-9-13-7-5-4-6-8-13/h4-8,11H,3,9-10H2,1-2H3. The molecule has 1 aromatic heterocycles. The summed E-state index contributed by atoms with van der Waals surface area (Å²) in [5.74, 6) is 0.0257. The van der Waals surface area contributed by atoms with Crippen molar-refractivity contribution in [2.75, 3.05) is 11.4 Å². The SMILES string of the molecule is CCC(=O)N(CCc1ccccc1)c1nc(C)co1. The monoisotopic (exact) mass is 258 g/mol. The molecule has 0 spiro atoms. The lowest BCUT2D eigenvalue weighted by Gasteiger charge is -2.17. The zero-order chi connectivity index (χ0) is 13.7. The fourth-order valence-electron chi connectivity index (χ4n) is 1.87. The summed E-state index contributed by atoms with van der Waals surface area (Å²) in [4.78, 5) is 17.8. The highest BCUT2D eigenvalue weighted by molar-refractivity contribution is 5.90. The van der Waals surface area contributed by atoms with Gasteiger partial charge >= 0.3 is 6.01 Å². The smallest absolute Gasteiger partial charge is 0.304 e. The molecule has 0 fully saturated rings. The number of hydrogen-bond donors (Lipinski definition) is 0. The van der Waals surface area contributed by atoms with E-state index in [1.54, 1.807) is 11.2 Å². The third kappa shape index (κ3) is 3.44. The minimum absolute atomic E-state index is 0.0257. The summed E-state index contributed by atoms with van der Waals surface area (Å²) in [5.41, 5.74) is 1.98. The fourth-order valence-corrected chi connectivity index (χ4v) is 1.87. The molecule has 0 radical (unpaired) electrons. The van der Waals surface area contributed by atoms with Crippen molar-refractivity contribution >= 4 is 11.9 Å². The maximum Gasteiger partial charge on any atom is 0.304 e. The van der Waals surface area contributed by atoms with Crippen LogP contribution in [0, 0.1) is 6.92 Å². The quantitative estimate of drug-likeness (QED) is 0.828. The van der Waals surface area contributed by atoms with E-state index < -0.39 is 0 Å². The van der Waals surface area contributed by atoms with E-state index in [-0.39, 0.29) is 5.91 Å². The van der Waals surface area contributed by atoms with Crippen LogP contribution in [-0.2, 0) is 11.2 Å². The molecule has 0 atom stereocenters. The van der Waals surface area contributed by atoms with Gasteiger partial charge in [0.1, 0.15) is 6.26 Å². The number of amides is 1. The second kappa shape index (κ2) is 6.18. The van der Waals surface area contributed by atoms with Crippen LogP contribution >= 0.6 is 0 Å². The Labute approximate surface area is 113 Å². The van der Waals surface area contributed by atoms with Crippen LogP contribution in [0.4, 0.5) is 6.01 Å². The van der Waals surface area contributed by atoms with Gasteiger partial charge in [0.15, 0.2) is 0 Å². The highest BCUT2D eigenvalue weighted by Crippen LogP contribution is 2.15. The molecule has 4 heteroatoms. The van der Waals surface area contributed by atoms with E-state index in [0.29, 0.717) is 19.0 Å². The first-order valence-corrected chi connectivity index (χ1v) is 6.47. The Morgan fingerprint density at radius 2 is 2.05 bits per heavy atom. The Balaban J connectivity index is 2.09. The van der Waals surface area contributed by atoms with Crippen molar-refractivity contribution in [2.45, 2.75) is 26.7 Å². The lowest BCUT2D eigenvalue weighted by atomic mass is 10.1. The average Bonchev–Trinajstić information content (AvgIpc) is 2.86. The molecule has 0 aliphatic carbocycles. The first kappa shape index (κ1) is 13.3. The van der Waals surface area contributed by atoms with Crippen LogP contribution in [0.25, 0.3) is 0 Å². The van der Waals surface area contributed by atoms with Gasteiger partial charge in [-0.3, -0.25) is 9.69 Å². The second-order valence-electron chi connectivity index (χ2n) is 4.41. The molecule has 0 saturated heterocycles. The first-order chi connectivity index (χ1) is 9.20. The number of aromatic nitrogens is 1. The molecule has 100 valence electrons. The fraction of sp³-hybridized carbons (Fsp3) is 0.333. The van der Waals surface area contributed by atoms with Crippen LogP contribution in [0.15, 0.2) is 41.0 Å². The van der Waals surface area contributed by atoms with Crippen LogP contribution in [0.5, 0.6) is 0 Å². The lowest BCUT2D eigenvalue weighted by Crippen LogP contribution is -2.32. The summed E-state index contributed by atoms with van der Waals surface area (Å²) in [6.45, 7) is 4.27. The number of carbonyl (C=O) groups excluding carboxylic acids is 1. The van der Waals surface area contributed by atoms with Crippen molar-refractivity contribution in [2.24, 2.45) is 0 Å². The summed E-state index contributed by atoms with van der Waals surface area (Å²) < 4.78 is 5.33. The van der Waals surface area contributed by atoms with Gasteiger partial charge in [-0.25, -0.2) is 0 Å². The number of oxazole rings is 1. The van der Waals surface area contributed by atoms with E-state index >= 15 is 0 Å². The van der Waals surface area contributed by atoms with Crippen LogP contribution in [0.2, 0.25) is 0 Å². The van der Waals surface area contributed by atoms with Gasteiger partial charge in [-0.15, -0.1) is 0 Å². The minimum atomic E-state index is 0.0257. The number of nitrogens with zero attached hydrogens (tertiary/aromatic N) is 2. The molecule has 0 aliphatic rings. The molecule has 2 aromatic rings. The molecule has 1 heterocycles. The average molecular weight is 258 g/mol. The summed E-state index contributed by atoms with van der Waals surface area (Å²) >= 11 is 0. The van der Waals surface area contributed by atoms with Crippen LogP contribution < -0.4 is 4.90 Å². The number of carbonyl (C=O) groups is 1. The third-order valence-electron chi connectivity index (χ3n) is 2.91. The normalized spacial score (nSPS) is 10.4. The van der Waals surface area contributed by atoms with E-state index in [9.17, 15) is 4.79 Å². The van der Waals surface area contributed by atoms with Crippen molar-refractivity contribution < 1.29 is 9.21 Å². The summed E-state index contributed by atoms with van der Waals surface area (Å²) in [5, 5.41) is 0. The van der Waals surface area contributed by atoms with Gasteiger partial charge in [0.2, 0.25) is 5.91 Å². The van der Waals surface area contributed by atoms with Crippen LogP contribution in [0.1, 0.15) is 24.6 Å². The first-order valence-electron chi connectivity index (χ1n) is 6.47. The molecule has 1 amide bonds. The Hall–Kier alpha value is -2.10. The van der Waals surface area contributed by atoms with Crippen molar-refractivity contribution in [1.29, 1.82) is 0 Å². The van der Waals surface area contributed by atoms with Gasteiger partial charge in [-0.1, -0.05) is 37.3 Å². The van der Waals surface area contributed by atoms with E-state index in [4.69, 9.17) is 4.42 Å². The number of anilines is 1. The zero-order valence-corrected chi connectivity index (χ0v) is 11.3. The molecule has 2 rings (SSSR count). The number of hydrogen-bond acceptors (Lipinski definition) is 3. The van der Waals surface area contributed by atoms with Crippen molar-refractivity contribution in [3.63, 3.8) is 0 Å². The lowest BCUT2D eigenvalue weighted by molar-refractivity contribution is -0.118. The third-order valence-corrected chi connectivity index (χ3v) is 2.91. The van der Waals surface area contributed by atoms with E-state index in [0.717, 1.165) is 12.1 Å². The Bertz CT molecular complexity index is 534. The number of benzene rings is 1. The van der Waals surface area contributed by atoms with Gasteiger partial charge < -0.3 is 4.42 Å². The maximum absolute atomic E-state index is 12.0. The van der Waals surface area contributed by atoms with Gasteiger partial charge in [0.25, 0.3) is 0 Å². The molecule has 0 bridgehead atoms. The second-order valence-corrected chi connectivity index (χ2v) is 4.41. The predicted molar refractivity (Wildman–Crippen MR) is 74.0 cm³/mol. The van der Waals surface area contributed by atoms with Crippen molar-refractivity contribution in [3.8, 4) is 0 Å². The molecule has 0 aliphatic heterocycles. The molecular weight excluding hydrogens is 240 g/mol. The van der Waals surface area contributed by atoms with E-state index in [1.165, 1.54) is 5.56 Å². The van der Waals surface area contributed by atoms with Gasteiger partial charge in [-0.2, -0.15) is 4.98 Å². The number of aryl methyl sites for hydroxylation is 1. The molecule has 19 heavy (non-hydrogen) atoms. The molecule has 0 N–H and O–H groups in total. The van der Waals surface area contributed by atoms with E-state index in [1.807, 2.05) is 32.0 Å². The Morgan fingerprint density at radius 1 is 1.32 bits per heavy atom. The Morgan fingerprint density at radius 3 is 2.63 bits per heavy atom. The number of rotatable bonds is 5. The van der Waals surface area contributed by atoms with Crippen LogP contribution in [0.3, 0.4) is 0 Å². The molecule has 0 saturated carbocycles. The highest BCUT2D eigenvalue weighted by atomic mass is 16.4. The molecule has 4 nitrogen and oxygen atoms in total. The van der Waals surface area contributed by atoms with Gasteiger partial charge in [0, 0.05) is 13.0 Å².